The summed E-state index contributed by atoms with van der Waals surface area (Å²) >= 11 is 0. The number of fused-ring (bicyclic) bond motifs is 1. The third-order valence-corrected chi connectivity index (χ3v) is 5.02. The van der Waals surface area contributed by atoms with Crippen molar-refractivity contribution in [2.24, 2.45) is 0 Å². The molecular formula is C24H22N4O2. The molecule has 0 bridgehead atoms. The molecule has 0 unspecified atom stereocenters. The minimum atomic E-state index is -0.370. The molecule has 4 rings (SSSR count). The summed E-state index contributed by atoms with van der Waals surface area (Å²) < 4.78 is 1.35. The van der Waals surface area contributed by atoms with Gasteiger partial charge in [-0.2, -0.15) is 5.10 Å². The number of carbonyl (C=O) groups is 1. The first-order chi connectivity index (χ1) is 14.4. The topological polar surface area (TPSA) is 76.9 Å². The van der Waals surface area contributed by atoms with Gasteiger partial charge in [0.15, 0.2) is 5.69 Å². The van der Waals surface area contributed by atoms with Gasteiger partial charge in [-0.1, -0.05) is 48.5 Å². The van der Waals surface area contributed by atoms with Crippen LogP contribution in [0.2, 0.25) is 0 Å². The fourth-order valence-electron chi connectivity index (χ4n) is 3.65. The van der Waals surface area contributed by atoms with Crippen molar-refractivity contribution in [3.8, 4) is 0 Å². The Hall–Kier alpha value is -3.80. The van der Waals surface area contributed by atoms with Crippen LogP contribution in [0.5, 0.6) is 0 Å². The third kappa shape index (κ3) is 3.72. The van der Waals surface area contributed by atoms with Crippen molar-refractivity contribution < 1.29 is 4.79 Å². The van der Waals surface area contributed by atoms with Crippen LogP contribution >= 0.6 is 0 Å². The highest BCUT2D eigenvalue weighted by atomic mass is 16.2. The fraction of sp³-hybridized carbons (Fsp3) is 0.167. The maximum atomic E-state index is 13.2. The first-order valence-electron chi connectivity index (χ1n) is 9.74. The lowest BCUT2D eigenvalue weighted by Gasteiger charge is -2.14. The summed E-state index contributed by atoms with van der Waals surface area (Å²) in [4.78, 5) is 30.6. The summed E-state index contributed by atoms with van der Waals surface area (Å²) in [5.74, 6) is -0.370. The summed E-state index contributed by atoms with van der Waals surface area (Å²) in [6, 6.07) is 18.6. The lowest BCUT2D eigenvalue weighted by molar-refractivity contribution is 0.102. The quantitative estimate of drug-likeness (QED) is 0.563. The van der Waals surface area contributed by atoms with Crippen LogP contribution in [0.3, 0.4) is 0 Å². The lowest BCUT2D eigenvalue weighted by atomic mass is 10.1. The molecule has 2 aromatic carbocycles. The van der Waals surface area contributed by atoms with Crippen LogP contribution in [0.1, 0.15) is 33.0 Å². The van der Waals surface area contributed by atoms with E-state index in [0.717, 1.165) is 22.5 Å². The summed E-state index contributed by atoms with van der Waals surface area (Å²) in [6.45, 7) is 5.99. The maximum Gasteiger partial charge on any atom is 0.276 e. The normalized spacial score (nSPS) is 10.9. The van der Waals surface area contributed by atoms with E-state index in [2.05, 4.69) is 15.4 Å². The van der Waals surface area contributed by atoms with E-state index in [1.807, 2.05) is 57.2 Å². The van der Waals surface area contributed by atoms with Gasteiger partial charge in [0.25, 0.3) is 11.5 Å². The molecule has 0 saturated heterocycles. The largest absolute Gasteiger partial charge is 0.319 e. The van der Waals surface area contributed by atoms with E-state index in [9.17, 15) is 9.59 Å². The molecule has 30 heavy (non-hydrogen) atoms. The summed E-state index contributed by atoms with van der Waals surface area (Å²) in [5.41, 5.74) is 4.14. The Labute approximate surface area is 174 Å². The molecule has 0 fully saturated rings. The molecule has 0 saturated carbocycles. The number of amides is 1. The molecule has 2 heterocycles. The average Bonchev–Trinajstić information content (AvgIpc) is 2.73. The zero-order valence-electron chi connectivity index (χ0n) is 17.1. The number of carbonyl (C=O) groups excluding carboxylic acids is 1. The number of aryl methyl sites for hydroxylation is 3. The number of nitrogens with one attached hydrogen (secondary N) is 1. The highest BCUT2D eigenvalue weighted by Crippen LogP contribution is 2.21. The Morgan fingerprint density at radius 2 is 1.63 bits per heavy atom. The summed E-state index contributed by atoms with van der Waals surface area (Å²) in [5, 5.41) is 8.38. The van der Waals surface area contributed by atoms with Gasteiger partial charge >= 0.3 is 0 Å². The van der Waals surface area contributed by atoms with Gasteiger partial charge in [-0.05, 0) is 44.0 Å². The van der Waals surface area contributed by atoms with Crippen molar-refractivity contribution in [3.63, 3.8) is 0 Å². The van der Waals surface area contributed by atoms with E-state index in [1.54, 1.807) is 24.3 Å². The van der Waals surface area contributed by atoms with Gasteiger partial charge in [-0.15, -0.1) is 0 Å². The number of nitrogens with zero attached hydrogens (tertiary/aromatic N) is 3. The number of hydrogen-bond donors (Lipinski definition) is 1. The van der Waals surface area contributed by atoms with E-state index in [-0.39, 0.29) is 23.7 Å². The maximum absolute atomic E-state index is 13.2. The molecule has 1 amide bonds. The van der Waals surface area contributed by atoms with Crippen molar-refractivity contribution in [2.75, 3.05) is 5.32 Å². The van der Waals surface area contributed by atoms with Gasteiger partial charge in [0.05, 0.1) is 23.3 Å². The number of rotatable bonds is 4. The van der Waals surface area contributed by atoms with Crippen LogP contribution < -0.4 is 10.9 Å². The Kier molecular flexibility index (Phi) is 5.14. The molecule has 2 aromatic heterocycles. The average molecular weight is 398 g/mol. The predicted octanol–water partition coefficient (Wildman–Crippen LogP) is 4.02. The van der Waals surface area contributed by atoms with Crippen molar-refractivity contribution in [1.82, 2.24) is 14.8 Å². The van der Waals surface area contributed by atoms with E-state index in [0.29, 0.717) is 16.5 Å². The standard InChI is InChI=1S/C24H22N4O2/c1-15-13-16(2)25-17(3)21(15)26-23(29)22-19-11-7-8-12-20(19)24(30)28(27-22)14-18-9-5-4-6-10-18/h4-13H,14H2,1-3H3,(H,26,29). The molecule has 150 valence electrons. The third-order valence-electron chi connectivity index (χ3n) is 5.02. The highest BCUT2D eigenvalue weighted by molar-refractivity contribution is 6.11. The molecule has 0 aliphatic heterocycles. The van der Waals surface area contributed by atoms with Gasteiger partial charge in [0.2, 0.25) is 0 Å². The van der Waals surface area contributed by atoms with Crippen molar-refractivity contribution in [2.45, 2.75) is 27.3 Å². The van der Waals surface area contributed by atoms with Gasteiger partial charge in [0, 0.05) is 11.1 Å². The monoisotopic (exact) mass is 398 g/mol. The first kappa shape index (κ1) is 19.5. The number of pyridine rings is 1. The second-order valence-electron chi connectivity index (χ2n) is 7.34. The van der Waals surface area contributed by atoms with E-state index < -0.39 is 0 Å². The van der Waals surface area contributed by atoms with E-state index in [4.69, 9.17) is 0 Å². The second kappa shape index (κ2) is 7.91. The molecule has 0 spiro atoms. The zero-order chi connectivity index (χ0) is 21.3. The first-order valence-corrected chi connectivity index (χ1v) is 9.74. The fourth-order valence-corrected chi connectivity index (χ4v) is 3.65. The number of anilines is 1. The SMILES string of the molecule is Cc1cc(C)c(NC(=O)c2nn(Cc3ccccc3)c(=O)c3ccccc23)c(C)n1. The van der Waals surface area contributed by atoms with Crippen molar-refractivity contribution >= 4 is 22.4 Å². The van der Waals surface area contributed by atoms with Crippen LogP contribution in [-0.2, 0) is 6.54 Å². The zero-order valence-corrected chi connectivity index (χ0v) is 17.1. The molecule has 0 aliphatic carbocycles. The Morgan fingerprint density at radius 3 is 2.33 bits per heavy atom. The molecule has 0 aliphatic rings. The molecule has 1 N–H and O–H groups in total. The van der Waals surface area contributed by atoms with Crippen LogP contribution in [-0.4, -0.2) is 20.7 Å². The van der Waals surface area contributed by atoms with Crippen molar-refractivity contribution in [3.05, 3.63) is 99.2 Å². The van der Waals surface area contributed by atoms with Crippen LogP contribution in [0.25, 0.3) is 10.8 Å². The van der Waals surface area contributed by atoms with Crippen LogP contribution in [0, 0.1) is 20.8 Å². The smallest absolute Gasteiger partial charge is 0.276 e. The number of aromatic nitrogens is 3. The molecule has 0 radical (unpaired) electrons. The molecule has 6 heteroatoms. The van der Waals surface area contributed by atoms with Crippen molar-refractivity contribution in [1.29, 1.82) is 0 Å². The molecule has 6 nitrogen and oxygen atoms in total. The molecule has 0 atom stereocenters. The van der Waals surface area contributed by atoms with Crippen LogP contribution in [0.4, 0.5) is 5.69 Å². The molecule has 4 aromatic rings. The minimum absolute atomic E-state index is 0.209. The Bertz CT molecular complexity index is 1290. The predicted molar refractivity (Wildman–Crippen MR) is 118 cm³/mol. The Balaban J connectivity index is 1.81. The highest BCUT2D eigenvalue weighted by Gasteiger charge is 2.18. The Morgan fingerprint density at radius 1 is 0.967 bits per heavy atom. The van der Waals surface area contributed by atoms with E-state index in [1.165, 1.54) is 4.68 Å². The second-order valence-corrected chi connectivity index (χ2v) is 7.34. The summed E-state index contributed by atoms with van der Waals surface area (Å²) in [6.07, 6.45) is 0. The van der Waals surface area contributed by atoms with Gasteiger partial charge in [0.1, 0.15) is 0 Å². The van der Waals surface area contributed by atoms with E-state index >= 15 is 0 Å². The van der Waals surface area contributed by atoms with Gasteiger partial charge in [-0.25, -0.2) is 4.68 Å². The number of benzene rings is 2. The van der Waals surface area contributed by atoms with Gasteiger partial charge < -0.3 is 5.32 Å². The van der Waals surface area contributed by atoms with Crippen LogP contribution in [0.15, 0.2) is 65.5 Å². The molecular weight excluding hydrogens is 376 g/mol. The number of hydrogen-bond acceptors (Lipinski definition) is 4. The minimum Gasteiger partial charge on any atom is -0.319 e. The lowest BCUT2D eigenvalue weighted by Crippen LogP contribution is -2.28. The summed E-state index contributed by atoms with van der Waals surface area (Å²) in [7, 11) is 0. The van der Waals surface area contributed by atoms with Gasteiger partial charge in [-0.3, -0.25) is 14.6 Å².